The van der Waals surface area contributed by atoms with E-state index in [4.69, 9.17) is 5.11 Å². The fourth-order valence-electron chi connectivity index (χ4n) is 0.627. The van der Waals surface area contributed by atoms with Gasteiger partial charge in [0, 0.05) is 18.5 Å². The lowest BCUT2D eigenvalue weighted by Crippen LogP contribution is -2.12. The van der Waals surface area contributed by atoms with E-state index in [1.54, 1.807) is 13.0 Å². The molecule has 0 bridgehead atoms. The third kappa shape index (κ3) is 11.5. The van der Waals surface area contributed by atoms with Crippen LogP contribution in [-0.2, 0) is 4.79 Å². The van der Waals surface area contributed by atoms with Crippen LogP contribution < -0.4 is 0 Å². The molecule has 0 aliphatic carbocycles. The summed E-state index contributed by atoms with van der Waals surface area (Å²) in [6.07, 6.45) is 4.01. The van der Waals surface area contributed by atoms with Gasteiger partial charge in [0.15, 0.2) is 0 Å². The van der Waals surface area contributed by atoms with Crippen molar-refractivity contribution in [3.63, 3.8) is 0 Å². The van der Waals surface area contributed by atoms with Crippen LogP contribution >= 0.6 is 11.6 Å². The smallest absolute Gasteiger partial charge is 0.330 e. The van der Waals surface area contributed by atoms with Crippen molar-refractivity contribution < 1.29 is 9.90 Å². The summed E-state index contributed by atoms with van der Waals surface area (Å²) >= 11 is 4.64. The van der Waals surface area contributed by atoms with Crippen molar-refractivity contribution in [2.45, 2.75) is 13.3 Å². The standard InChI is InChI=1S/C8H15NO2.CH3Cl/c1-7(8(10)11)5-4-6-9(2)3;1-2/h5H,4,6H2,1-3H3,(H,10,11);1H3. The first-order valence-corrected chi connectivity index (χ1v) is 4.72. The molecule has 0 aromatic rings. The molecule has 13 heavy (non-hydrogen) atoms. The van der Waals surface area contributed by atoms with E-state index in [1.165, 1.54) is 6.38 Å². The minimum atomic E-state index is -0.830. The summed E-state index contributed by atoms with van der Waals surface area (Å²) in [5.74, 6) is -0.830. The predicted molar refractivity (Wildman–Crippen MR) is 56.3 cm³/mol. The molecule has 0 saturated carbocycles. The van der Waals surface area contributed by atoms with E-state index in [-0.39, 0.29) is 0 Å². The van der Waals surface area contributed by atoms with Crippen molar-refractivity contribution in [2.24, 2.45) is 0 Å². The van der Waals surface area contributed by atoms with Gasteiger partial charge in [-0.25, -0.2) is 4.79 Å². The molecule has 3 nitrogen and oxygen atoms in total. The monoisotopic (exact) mass is 207 g/mol. The molecule has 78 valence electrons. The Morgan fingerprint density at radius 3 is 2.23 bits per heavy atom. The molecule has 0 aliphatic rings. The average Bonchev–Trinajstić information content (AvgIpc) is 2.07. The zero-order chi connectivity index (χ0) is 10.9. The van der Waals surface area contributed by atoms with Crippen LogP contribution in [0.5, 0.6) is 0 Å². The molecule has 4 heteroatoms. The average molecular weight is 208 g/mol. The highest BCUT2D eigenvalue weighted by Crippen LogP contribution is 1.95. The number of carboxylic acid groups (broad SMARTS) is 1. The van der Waals surface area contributed by atoms with E-state index >= 15 is 0 Å². The zero-order valence-electron chi connectivity index (χ0n) is 8.67. The van der Waals surface area contributed by atoms with E-state index < -0.39 is 5.97 Å². The summed E-state index contributed by atoms with van der Waals surface area (Å²) in [4.78, 5) is 12.3. The van der Waals surface area contributed by atoms with Crippen LogP contribution in [0.3, 0.4) is 0 Å². The number of alkyl halides is 1. The van der Waals surface area contributed by atoms with Crippen LogP contribution in [0.15, 0.2) is 11.6 Å². The van der Waals surface area contributed by atoms with E-state index in [2.05, 4.69) is 11.6 Å². The Labute approximate surface area is 85.0 Å². The molecule has 0 spiro atoms. The Balaban J connectivity index is 0. The highest BCUT2D eigenvalue weighted by atomic mass is 35.5. The van der Waals surface area contributed by atoms with Crippen molar-refractivity contribution >= 4 is 17.6 Å². The van der Waals surface area contributed by atoms with Crippen LogP contribution in [-0.4, -0.2) is 43.0 Å². The van der Waals surface area contributed by atoms with Gasteiger partial charge in [-0.3, -0.25) is 0 Å². The molecule has 0 fully saturated rings. The van der Waals surface area contributed by atoms with Crippen LogP contribution in [0.4, 0.5) is 0 Å². The molecular weight excluding hydrogens is 190 g/mol. The second kappa shape index (κ2) is 9.55. The molecule has 0 rings (SSSR count). The normalized spacial score (nSPS) is 10.8. The Morgan fingerprint density at radius 2 is 1.92 bits per heavy atom. The summed E-state index contributed by atoms with van der Waals surface area (Å²) in [6, 6.07) is 0. The maximum Gasteiger partial charge on any atom is 0.330 e. The Hall–Kier alpha value is -0.540. The van der Waals surface area contributed by atoms with Gasteiger partial charge in [-0.2, -0.15) is 0 Å². The minimum absolute atomic E-state index is 0.423. The first-order chi connectivity index (χ1) is 6.04. The van der Waals surface area contributed by atoms with Crippen LogP contribution in [0.25, 0.3) is 0 Å². The summed E-state index contributed by atoms with van der Waals surface area (Å²) < 4.78 is 0. The number of carboxylic acids is 1. The number of hydrogen-bond acceptors (Lipinski definition) is 2. The quantitative estimate of drug-likeness (QED) is 0.565. The second-order valence-corrected chi connectivity index (χ2v) is 2.78. The molecule has 0 heterocycles. The van der Waals surface area contributed by atoms with E-state index in [0.717, 1.165) is 13.0 Å². The minimum Gasteiger partial charge on any atom is -0.478 e. The Kier molecular flexibility index (Phi) is 11.0. The molecule has 0 saturated heterocycles. The zero-order valence-corrected chi connectivity index (χ0v) is 9.43. The number of rotatable bonds is 4. The number of hydrogen-bond donors (Lipinski definition) is 1. The number of nitrogens with zero attached hydrogens (tertiary/aromatic N) is 1. The molecule has 0 aromatic heterocycles. The van der Waals surface area contributed by atoms with E-state index in [1.807, 2.05) is 19.0 Å². The van der Waals surface area contributed by atoms with Crippen molar-refractivity contribution in [1.82, 2.24) is 4.90 Å². The molecule has 0 amide bonds. The summed E-state index contributed by atoms with van der Waals surface area (Å²) in [6.45, 7) is 2.50. The molecular formula is C9H18ClNO2. The SMILES string of the molecule is CC(=CCCN(C)C)C(=O)O.CCl. The van der Waals surface area contributed by atoms with Crippen molar-refractivity contribution in [3.8, 4) is 0 Å². The van der Waals surface area contributed by atoms with Gasteiger partial charge < -0.3 is 10.0 Å². The van der Waals surface area contributed by atoms with Crippen molar-refractivity contribution in [1.29, 1.82) is 0 Å². The molecule has 0 radical (unpaired) electrons. The van der Waals surface area contributed by atoms with Gasteiger partial charge >= 0.3 is 5.97 Å². The van der Waals surface area contributed by atoms with E-state index in [9.17, 15) is 4.79 Å². The van der Waals surface area contributed by atoms with Gasteiger partial charge in [0.1, 0.15) is 0 Å². The molecule has 0 aromatic carbocycles. The molecule has 1 N–H and O–H groups in total. The molecule has 0 aliphatic heterocycles. The lowest BCUT2D eigenvalue weighted by atomic mass is 10.2. The molecule has 0 atom stereocenters. The van der Waals surface area contributed by atoms with Crippen molar-refractivity contribution in [3.05, 3.63) is 11.6 Å². The highest BCUT2D eigenvalue weighted by molar-refractivity contribution is 6.15. The van der Waals surface area contributed by atoms with Gasteiger partial charge in [0.2, 0.25) is 0 Å². The summed E-state index contributed by atoms with van der Waals surface area (Å²) in [5, 5.41) is 8.47. The fraction of sp³-hybridized carbons (Fsp3) is 0.667. The van der Waals surface area contributed by atoms with Crippen molar-refractivity contribution in [2.75, 3.05) is 27.0 Å². The summed E-state index contributed by atoms with van der Waals surface area (Å²) in [7, 11) is 3.92. The maximum atomic E-state index is 10.3. The largest absolute Gasteiger partial charge is 0.478 e. The second-order valence-electron chi connectivity index (χ2n) is 2.78. The first-order valence-electron chi connectivity index (χ1n) is 3.96. The van der Waals surface area contributed by atoms with Gasteiger partial charge in [-0.05, 0) is 27.4 Å². The number of aliphatic carboxylic acids is 1. The van der Waals surface area contributed by atoms with Crippen LogP contribution in [0.2, 0.25) is 0 Å². The first kappa shape index (κ1) is 15.0. The topological polar surface area (TPSA) is 40.5 Å². The highest BCUT2D eigenvalue weighted by Gasteiger charge is 1.97. The van der Waals surface area contributed by atoms with Crippen LogP contribution in [0.1, 0.15) is 13.3 Å². The van der Waals surface area contributed by atoms with E-state index in [0.29, 0.717) is 5.57 Å². The third-order valence-corrected chi connectivity index (χ3v) is 1.36. The Morgan fingerprint density at radius 1 is 1.46 bits per heavy atom. The third-order valence-electron chi connectivity index (χ3n) is 1.36. The van der Waals surface area contributed by atoms with Gasteiger partial charge in [-0.1, -0.05) is 6.08 Å². The fourth-order valence-corrected chi connectivity index (χ4v) is 0.627. The lowest BCUT2D eigenvalue weighted by molar-refractivity contribution is -0.132. The molecule has 0 unspecified atom stereocenters. The van der Waals surface area contributed by atoms with Crippen LogP contribution in [0, 0.1) is 0 Å². The predicted octanol–water partition coefficient (Wildman–Crippen LogP) is 1.82. The Bertz CT molecular complexity index is 167. The lowest BCUT2D eigenvalue weighted by Gasteiger charge is -2.05. The summed E-state index contributed by atoms with van der Waals surface area (Å²) in [5.41, 5.74) is 0.423. The number of halogens is 1. The number of carbonyl (C=O) groups is 1. The van der Waals surface area contributed by atoms with Gasteiger partial charge in [0.05, 0.1) is 0 Å². The maximum absolute atomic E-state index is 10.3. The van der Waals surface area contributed by atoms with Gasteiger partial charge in [0.25, 0.3) is 0 Å². The van der Waals surface area contributed by atoms with Gasteiger partial charge in [-0.15, -0.1) is 11.6 Å².